The maximum absolute atomic E-state index is 12.6. The van der Waals surface area contributed by atoms with Crippen LogP contribution in [0, 0.1) is 5.41 Å². The van der Waals surface area contributed by atoms with Gasteiger partial charge in [0.25, 0.3) is 5.91 Å². The summed E-state index contributed by atoms with van der Waals surface area (Å²) in [7, 11) is 3.15. The Bertz CT molecular complexity index is 514. The summed E-state index contributed by atoms with van der Waals surface area (Å²) in [5.74, 6) is 1.08. The van der Waals surface area contributed by atoms with Crippen molar-refractivity contribution < 1.29 is 14.3 Å². The molecule has 0 spiro atoms. The number of carbonyl (C=O) groups is 1. The third-order valence-electron chi connectivity index (χ3n) is 4.09. The number of nitrogens with one attached hydrogen (secondary N) is 2. The Balaban J connectivity index is 2.19. The summed E-state index contributed by atoms with van der Waals surface area (Å²) in [5.41, 5.74) is 0.534. The minimum atomic E-state index is -0.120. The van der Waals surface area contributed by atoms with Crippen LogP contribution in [0.2, 0.25) is 0 Å². The highest BCUT2D eigenvalue weighted by Crippen LogP contribution is 2.27. The molecule has 1 atom stereocenters. The number of rotatable bonds is 4. The van der Waals surface area contributed by atoms with E-state index in [4.69, 9.17) is 9.47 Å². The number of hydrogen-bond acceptors (Lipinski definition) is 4. The molecule has 2 rings (SSSR count). The highest BCUT2D eigenvalue weighted by molar-refractivity contribution is 5.97. The Labute approximate surface area is 126 Å². The van der Waals surface area contributed by atoms with Crippen LogP contribution in [0.15, 0.2) is 18.2 Å². The van der Waals surface area contributed by atoms with Crippen molar-refractivity contribution in [2.24, 2.45) is 5.41 Å². The minimum absolute atomic E-state index is 0.0278. The zero-order valence-corrected chi connectivity index (χ0v) is 13.2. The second-order valence-electron chi connectivity index (χ2n) is 6.05. The van der Waals surface area contributed by atoms with Crippen molar-refractivity contribution in [3.63, 3.8) is 0 Å². The minimum Gasteiger partial charge on any atom is -0.497 e. The van der Waals surface area contributed by atoms with Crippen molar-refractivity contribution in [2.75, 3.05) is 27.3 Å². The molecular formula is C16H24N2O3. The molecule has 21 heavy (non-hydrogen) atoms. The average Bonchev–Trinajstić information content (AvgIpc) is 2.48. The molecule has 0 aromatic heterocycles. The molecular weight excluding hydrogens is 268 g/mol. The van der Waals surface area contributed by atoms with Crippen LogP contribution in [0.4, 0.5) is 0 Å². The van der Waals surface area contributed by atoms with Gasteiger partial charge in [0, 0.05) is 12.6 Å². The van der Waals surface area contributed by atoms with Gasteiger partial charge < -0.3 is 20.1 Å². The zero-order chi connectivity index (χ0) is 15.5. The summed E-state index contributed by atoms with van der Waals surface area (Å²) in [4.78, 5) is 12.6. The van der Waals surface area contributed by atoms with E-state index in [1.807, 2.05) is 0 Å². The molecule has 0 radical (unpaired) electrons. The molecule has 1 aliphatic rings. The first-order valence-corrected chi connectivity index (χ1v) is 7.21. The first-order valence-electron chi connectivity index (χ1n) is 7.21. The van der Waals surface area contributed by atoms with Gasteiger partial charge >= 0.3 is 0 Å². The molecule has 5 heteroatoms. The summed E-state index contributed by atoms with van der Waals surface area (Å²) >= 11 is 0. The van der Waals surface area contributed by atoms with E-state index in [1.165, 1.54) is 0 Å². The number of methoxy groups -OCH3 is 2. The van der Waals surface area contributed by atoms with Crippen LogP contribution in [0.3, 0.4) is 0 Å². The van der Waals surface area contributed by atoms with Crippen LogP contribution in [-0.2, 0) is 0 Å². The van der Waals surface area contributed by atoms with Crippen LogP contribution in [0.5, 0.6) is 11.5 Å². The average molecular weight is 292 g/mol. The summed E-state index contributed by atoms with van der Waals surface area (Å²) in [6.45, 7) is 6.14. The van der Waals surface area contributed by atoms with Gasteiger partial charge in [-0.25, -0.2) is 0 Å². The molecule has 1 saturated heterocycles. The van der Waals surface area contributed by atoms with Gasteiger partial charge in [0.1, 0.15) is 11.5 Å². The zero-order valence-electron chi connectivity index (χ0n) is 13.2. The molecule has 0 aliphatic carbocycles. The first-order chi connectivity index (χ1) is 9.97. The molecule has 5 nitrogen and oxygen atoms in total. The summed E-state index contributed by atoms with van der Waals surface area (Å²) < 4.78 is 10.5. The smallest absolute Gasteiger partial charge is 0.255 e. The van der Waals surface area contributed by atoms with Crippen LogP contribution in [0.1, 0.15) is 30.6 Å². The molecule has 1 aromatic rings. The molecule has 1 amide bonds. The first kappa shape index (κ1) is 15.6. The van der Waals surface area contributed by atoms with E-state index in [9.17, 15) is 4.79 Å². The Morgan fingerprint density at radius 1 is 1.33 bits per heavy atom. The molecule has 1 aromatic carbocycles. The number of piperidine rings is 1. The van der Waals surface area contributed by atoms with E-state index in [0.29, 0.717) is 17.1 Å². The van der Waals surface area contributed by atoms with Gasteiger partial charge in [-0.2, -0.15) is 0 Å². The van der Waals surface area contributed by atoms with Crippen molar-refractivity contribution in [3.8, 4) is 11.5 Å². The Morgan fingerprint density at radius 2 is 2.10 bits per heavy atom. The van der Waals surface area contributed by atoms with Crippen molar-refractivity contribution in [1.82, 2.24) is 10.6 Å². The van der Waals surface area contributed by atoms with E-state index in [-0.39, 0.29) is 17.4 Å². The number of ether oxygens (including phenoxy) is 2. The number of amides is 1. The van der Waals surface area contributed by atoms with Crippen molar-refractivity contribution in [1.29, 1.82) is 0 Å². The summed E-state index contributed by atoms with van der Waals surface area (Å²) in [6.07, 6.45) is 0.922. The maximum atomic E-state index is 12.6. The van der Waals surface area contributed by atoms with Crippen molar-refractivity contribution in [3.05, 3.63) is 23.8 Å². The predicted molar refractivity (Wildman–Crippen MR) is 82.1 cm³/mol. The lowest BCUT2D eigenvalue weighted by Gasteiger charge is -2.39. The Hall–Kier alpha value is -1.75. The lowest BCUT2D eigenvalue weighted by atomic mass is 9.80. The second kappa shape index (κ2) is 6.35. The molecule has 1 heterocycles. The summed E-state index contributed by atoms with van der Waals surface area (Å²) in [5, 5.41) is 6.50. The number of benzene rings is 1. The van der Waals surface area contributed by atoms with Crippen LogP contribution < -0.4 is 20.1 Å². The van der Waals surface area contributed by atoms with Crippen LogP contribution in [0.25, 0.3) is 0 Å². The third-order valence-corrected chi connectivity index (χ3v) is 4.09. The fraction of sp³-hybridized carbons (Fsp3) is 0.562. The van der Waals surface area contributed by atoms with Gasteiger partial charge in [0.2, 0.25) is 0 Å². The highest BCUT2D eigenvalue weighted by atomic mass is 16.5. The quantitative estimate of drug-likeness (QED) is 0.889. The molecule has 1 aliphatic heterocycles. The van der Waals surface area contributed by atoms with Crippen molar-refractivity contribution in [2.45, 2.75) is 26.3 Å². The third kappa shape index (κ3) is 3.47. The van der Waals surface area contributed by atoms with E-state index >= 15 is 0 Å². The molecule has 0 bridgehead atoms. The van der Waals surface area contributed by atoms with E-state index < -0.39 is 0 Å². The standard InChI is InChI=1S/C16H24N2O3/c1-16(2)10-17-8-7-14(16)18-15(19)12-9-11(20-3)5-6-13(12)21-4/h5-6,9,14,17H,7-8,10H2,1-4H3,(H,18,19). The monoisotopic (exact) mass is 292 g/mol. The highest BCUT2D eigenvalue weighted by Gasteiger charge is 2.33. The molecule has 2 N–H and O–H groups in total. The van der Waals surface area contributed by atoms with Gasteiger partial charge in [-0.15, -0.1) is 0 Å². The topological polar surface area (TPSA) is 59.6 Å². The van der Waals surface area contributed by atoms with E-state index in [0.717, 1.165) is 19.5 Å². The van der Waals surface area contributed by atoms with Gasteiger partial charge in [0.05, 0.1) is 19.8 Å². The van der Waals surface area contributed by atoms with Crippen molar-refractivity contribution >= 4 is 5.91 Å². The fourth-order valence-electron chi connectivity index (χ4n) is 2.67. The maximum Gasteiger partial charge on any atom is 0.255 e. The predicted octanol–water partition coefficient (Wildman–Crippen LogP) is 1.82. The molecule has 0 saturated carbocycles. The lowest BCUT2D eigenvalue weighted by molar-refractivity contribution is 0.0865. The van der Waals surface area contributed by atoms with Crippen LogP contribution >= 0.6 is 0 Å². The largest absolute Gasteiger partial charge is 0.497 e. The summed E-state index contributed by atoms with van der Waals surface area (Å²) in [6, 6.07) is 5.38. The normalized spacial score (nSPS) is 20.7. The molecule has 1 fully saturated rings. The number of hydrogen-bond donors (Lipinski definition) is 2. The van der Waals surface area contributed by atoms with Gasteiger partial charge in [-0.1, -0.05) is 13.8 Å². The second-order valence-corrected chi connectivity index (χ2v) is 6.05. The van der Waals surface area contributed by atoms with Crippen LogP contribution in [-0.4, -0.2) is 39.3 Å². The van der Waals surface area contributed by atoms with Gasteiger partial charge in [0.15, 0.2) is 0 Å². The molecule has 116 valence electrons. The van der Waals surface area contributed by atoms with Gasteiger partial charge in [-0.05, 0) is 36.6 Å². The number of carbonyl (C=O) groups excluding carboxylic acids is 1. The van der Waals surface area contributed by atoms with E-state index in [1.54, 1.807) is 32.4 Å². The fourth-order valence-corrected chi connectivity index (χ4v) is 2.67. The Kier molecular flexibility index (Phi) is 4.73. The lowest BCUT2D eigenvalue weighted by Crippen LogP contribution is -2.54. The van der Waals surface area contributed by atoms with Gasteiger partial charge in [-0.3, -0.25) is 4.79 Å². The SMILES string of the molecule is COc1ccc(OC)c(C(=O)NC2CCNCC2(C)C)c1. The van der Waals surface area contributed by atoms with E-state index in [2.05, 4.69) is 24.5 Å². The molecule has 1 unspecified atom stereocenters. The Morgan fingerprint density at radius 3 is 2.71 bits per heavy atom.